The van der Waals surface area contributed by atoms with E-state index in [2.05, 4.69) is 10.9 Å². The van der Waals surface area contributed by atoms with Gasteiger partial charge in [0, 0.05) is 37.5 Å². The molecule has 4 heteroatoms. The minimum absolute atomic E-state index is 0.0821. The highest BCUT2D eigenvalue weighted by molar-refractivity contribution is 5.79. The van der Waals surface area contributed by atoms with Crippen LogP contribution in [-0.4, -0.2) is 17.6 Å². The molecule has 0 spiro atoms. The normalized spacial score (nSPS) is 27.1. The molecular formula is C20H23F2NO. The number of halogens is 2. The van der Waals surface area contributed by atoms with Crippen LogP contribution in [-0.2, 0) is 4.79 Å². The van der Waals surface area contributed by atoms with Gasteiger partial charge in [0.2, 0.25) is 0 Å². The highest BCUT2D eigenvalue weighted by Gasteiger charge is 2.32. The topological polar surface area (TPSA) is 29.4 Å². The lowest BCUT2D eigenvalue weighted by atomic mass is 9.80. The molecule has 2 aliphatic carbocycles. The Kier molecular flexibility index (Phi) is 4.96. The molecule has 0 saturated heterocycles. The smallest absolute Gasteiger partial charge is 0.266 e. The van der Waals surface area contributed by atoms with E-state index >= 15 is 0 Å². The van der Waals surface area contributed by atoms with E-state index in [-0.39, 0.29) is 11.5 Å². The van der Waals surface area contributed by atoms with Crippen LogP contribution in [0.5, 0.6) is 0 Å². The molecule has 0 amide bonds. The fraction of sp³-hybridized carbons (Fsp3) is 0.550. The first-order valence-corrected chi connectivity index (χ1v) is 8.73. The summed E-state index contributed by atoms with van der Waals surface area (Å²) in [4.78, 5) is 15.7. The van der Waals surface area contributed by atoms with Crippen LogP contribution in [0.15, 0.2) is 46.1 Å². The molecule has 0 N–H and O–H groups in total. The van der Waals surface area contributed by atoms with Crippen molar-refractivity contribution in [1.29, 1.82) is 0 Å². The van der Waals surface area contributed by atoms with E-state index in [4.69, 9.17) is 0 Å². The Morgan fingerprint density at radius 1 is 1.38 bits per heavy atom. The number of aliphatic imine (C=N–C) groups is 1. The fourth-order valence-electron chi connectivity index (χ4n) is 3.76. The zero-order valence-corrected chi connectivity index (χ0v) is 14.0. The van der Waals surface area contributed by atoms with Crippen LogP contribution < -0.4 is 0 Å². The van der Waals surface area contributed by atoms with Crippen LogP contribution in [0, 0.1) is 11.8 Å². The van der Waals surface area contributed by atoms with Crippen molar-refractivity contribution < 1.29 is 13.6 Å². The van der Waals surface area contributed by atoms with E-state index in [1.165, 1.54) is 6.08 Å². The molecule has 1 fully saturated rings. The maximum absolute atomic E-state index is 13.6. The van der Waals surface area contributed by atoms with Crippen LogP contribution in [0.1, 0.15) is 51.9 Å². The van der Waals surface area contributed by atoms with Crippen molar-refractivity contribution in [2.45, 2.75) is 57.8 Å². The van der Waals surface area contributed by atoms with Crippen molar-refractivity contribution >= 4 is 11.7 Å². The lowest BCUT2D eigenvalue weighted by Gasteiger charge is -2.25. The highest BCUT2D eigenvalue weighted by Crippen LogP contribution is 2.38. The van der Waals surface area contributed by atoms with E-state index in [0.29, 0.717) is 24.5 Å². The standard InChI is InChI=1S/C20H23F2NO/c1-20(21,22)17-6-3-5-15(11-17)19-13-23-12-16(19)9-8-14-4-2-7-18(24)10-14/h3,5-6,12,14-15H,2,4,7-11H2,1H3. The zero-order chi connectivity index (χ0) is 17.2. The molecule has 1 saturated carbocycles. The lowest BCUT2D eigenvalue weighted by molar-refractivity contribution is -0.121. The predicted octanol–water partition coefficient (Wildman–Crippen LogP) is 5.18. The maximum Gasteiger partial charge on any atom is 0.266 e. The van der Waals surface area contributed by atoms with E-state index < -0.39 is 5.92 Å². The van der Waals surface area contributed by atoms with Crippen molar-refractivity contribution in [3.05, 3.63) is 41.1 Å². The fourth-order valence-corrected chi connectivity index (χ4v) is 3.76. The summed E-state index contributed by atoms with van der Waals surface area (Å²) in [6, 6.07) is 0. The van der Waals surface area contributed by atoms with Crippen molar-refractivity contribution in [2.75, 3.05) is 0 Å². The quantitative estimate of drug-likeness (QED) is 0.683. The number of hydrogen-bond donors (Lipinski definition) is 0. The van der Waals surface area contributed by atoms with Gasteiger partial charge in [-0.15, -0.1) is 0 Å². The van der Waals surface area contributed by atoms with Crippen molar-refractivity contribution in [2.24, 2.45) is 16.8 Å². The van der Waals surface area contributed by atoms with Gasteiger partial charge < -0.3 is 0 Å². The molecule has 2 unspecified atom stereocenters. The maximum atomic E-state index is 13.6. The van der Waals surface area contributed by atoms with Gasteiger partial charge >= 0.3 is 0 Å². The van der Waals surface area contributed by atoms with Gasteiger partial charge in [0.15, 0.2) is 0 Å². The second-order valence-electron chi connectivity index (χ2n) is 7.12. The first-order valence-electron chi connectivity index (χ1n) is 8.73. The van der Waals surface area contributed by atoms with Crippen LogP contribution in [0.4, 0.5) is 8.78 Å². The summed E-state index contributed by atoms with van der Waals surface area (Å²) in [5, 5.41) is 0. The summed E-state index contributed by atoms with van der Waals surface area (Å²) >= 11 is 0. The molecule has 3 rings (SSSR count). The molecule has 2 atom stereocenters. The van der Waals surface area contributed by atoms with E-state index in [1.807, 2.05) is 6.08 Å². The van der Waals surface area contributed by atoms with Gasteiger partial charge in [0.1, 0.15) is 5.78 Å². The van der Waals surface area contributed by atoms with E-state index in [9.17, 15) is 13.6 Å². The Bertz CT molecular complexity index is 672. The molecule has 0 aromatic carbocycles. The Morgan fingerprint density at radius 2 is 2.21 bits per heavy atom. The number of ketones is 1. The predicted molar refractivity (Wildman–Crippen MR) is 91.2 cm³/mol. The minimum Gasteiger partial charge on any atom is -0.300 e. The van der Waals surface area contributed by atoms with Gasteiger partial charge in [-0.2, -0.15) is 0 Å². The largest absolute Gasteiger partial charge is 0.300 e. The number of hydrogen-bond acceptors (Lipinski definition) is 2. The molecule has 24 heavy (non-hydrogen) atoms. The monoisotopic (exact) mass is 331 g/mol. The van der Waals surface area contributed by atoms with Crippen molar-refractivity contribution in [1.82, 2.24) is 0 Å². The Balaban J connectivity index is 1.60. The van der Waals surface area contributed by atoms with Crippen LogP contribution in [0.3, 0.4) is 0 Å². The Hall–Kier alpha value is -1.80. The van der Waals surface area contributed by atoms with Gasteiger partial charge in [-0.3, -0.25) is 4.79 Å². The lowest BCUT2D eigenvalue weighted by Crippen LogP contribution is -2.19. The average molecular weight is 331 g/mol. The van der Waals surface area contributed by atoms with Crippen molar-refractivity contribution in [3.8, 4) is 0 Å². The van der Waals surface area contributed by atoms with Crippen molar-refractivity contribution in [3.63, 3.8) is 0 Å². The van der Waals surface area contributed by atoms with E-state index in [1.54, 1.807) is 12.3 Å². The molecule has 1 aliphatic heterocycles. The second-order valence-corrected chi connectivity index (χ2v) is 7.12. The molecule has 3 aliphatic rings. The summed E-state index contributed by atoms with van der Waals surface area (Å²) in [6.45, 7) is 0.947. The molecule has 128 valence electrons. The van der Waals surface area contributed by atoms with E-state index in [0.717, 1.165) is 50.2 Å². The number of nitrogens with zero attached hydrogens (tertiary/aromatic N) is 1. The van der Waals surface area contributed by atoms with Crippen LogP contribution in [0.25, 0.3) is 0 Å². The number of Topliss-reactive ketones (excluding diaryl/α,β-unsaturated/α-hetero) is 1. The van der Waals surface area contributed by atoms with Gasteiger partial charge in [0.25, 0.3) is 5.92 Å². The first-order chi connectivity index (χ1) is 11.4. The van der Waals surface area contributed by atoms with Gasteiger partial charge in [-0.05, 0) is 55.0 Å². The number of alkyl halides is 2. The first kappa shape index (κ1) is 17.0. The molecule has 1 heterocycles. The summed E-state index contributed by atoms with van der Waals surface area (Å²) in [5.41, 5.74) is 2.18. The third-order valence-electron chi connectivity index (χ3n) is 5.17. The van der Waals surface area contributed by atoms with Crippen LogP contribution in [0.2, 0.25) is 0 Å². The molecule has 2 nitrogen and oxygen atoms in total. The van der Waals surface area contributed by atoms with Gasteiger partial charge in [-0.25, -0.2) is 13.8 Å². The minimum atomic E-state index is -2.79. The van der Waals surface area contributed by atoms with Gasteiger partial charge in [-0.1, -0.05) is 18.2 Å². The van der Waals surface area contributed by atoms with Gasteiger partial charge in [0.05, 0.1) is 0 Å². The summed E-state index contributed by atoms with van der Waals surface area (Å²) < 4.78 is 27.2. The van der Waals surface area contributed by atoms with Crippen LogP contribution >= 0.6 is 0 Å². The highest BCUT2D eigenvalue weighted by atomic mass is 19.3. The number of rotatable bonds is 5. The SMILES string of the molecule is CC(F)(F)C1=CC=CC(C2=C=NC=C2CCC2CCCC(=O)C2)C1. The number of carbonyl (C=O) groups excluding carboxylic acids is 1. The zero-order valence-electron chi connectivity index (χ0n) is 14.0. The summed E-state index contributed by atoms with van der Waals surface area (Å²) in [7, 11) is 0. The summed E-state index contributed by atoms with van der Waals surface area (Å²) in [6.07, 6.45) is 12.6. The number of carbonyl (C=O) groups is 1. The molecular weight excluding hydrogens is 308 g/mol. The Morgan fingerprint density at radius 3 is 2.96 bits per heavy atom. The molecule has 0 bridgehead atoms. The second kappa shape index (κ2) is 6.98. The molecule has 0 aromatic rings. The number of allylic oxidation sites excluding steroid dienone is 6. The third kappa shape index (κ3) is 3.99. The molecule has 0 radical (unpaired) electrons. The summed E-state index contributed by atoms with van der Waals surface area (Å²) in [5.74, 6) is 0.955. The Labute approximate surface area is 141 Å². The third-order valence-corrected chi connectivity index (χ3v) is 5.17. The average Bonchev–Trinajstić information content (AvgIpc) is 3.01. The molecule has 0 aromatic heterocycles.